The Morgan fingerprint density at radius 3 is 2.60 bits per heavy atom. The number of fused-ring (bicyclic) bond motifs is 1. The van der Waals surface area contributed by atoms with Gasteiger partial charge in [0.2, 0.25) is 5.95 Å². The summed E-state index contributed by atoms with van der Waals surface area (Å²) in [5.74, 6) is -0.288. The van der Waals surface area contributed by atoms with Crippen LogP contribution in [0.3, 0.4) is 0 Å². The molecule has 2 rings (SSSR count). The Morgan fingerprint density at radius 1 is 1.25 bits per heavy atom. The van der Waals surface area contributed by atoms with Crippen LogP contribution in [0.5, 0.6) is 0 Å². The van der Waals surface area contributed by atoms with Crippen molar-refractivity contribution in [2.45, 2.75) is 32.0 Å². The van der Waals surface area contributed by atoms with Gasteiger partial charge in [0, 0.05) is 19.0 Å². The number of nitrogen functional groups attached to an aromatic ring is 1. The Hall–Kier alpha value is -1.31. The van der Waals surface area contributed by atoms with E-state index in [0.717, 1.165) is 0 Å². The van der Waals surface area contributed by atoms with Gasteiger partial charge in [-0.05, 0) is 34.8 Å². The van der Waals surface area contributed by atoms with Crippen molar-refractivity contribution >= 4 is 32.9 Å². The third-order valence-electron chi connectivity index (χ3n) is 2.91. The number of nitrogens with two attached hydrogens (primary N) is 1. The summed E-state index contributed by atoms with van der Waals surface area (Å²) in [7, 11) is 0. The highest BCUT2D eigenvalue weighted by atomic mass is 79.9. The smallest absolute Gasteiger partial charge is 0.369 e. The zero-order valence-corrected chi connectivity index (χ0v) is 11.9. The first-order valence-electron chi connectivity index (χ1n) is 5.95. The number of aryl methyl sites for hydroxylation is 1. The summed E-state index contributed by atoms with van der Waals surface area (Å²) < 4.78 is 51.4. The van der Waals surface area contributed by atoms with Gasteiger partial charge in [-0.3, -0.25) is 0 Å². The minimum absolute atomic E-state index is 0.0188. The topological polar surface area (TPSA) is 43.8 Å². The maximum atomic E-state index is 13.4. The molecule has 110 valence electrons. The van der Waals surface area contributed by atoms with Crippen LogP contribution in [0.1, 0.15) is 19.3 Å². The lowest BCUT2D eigenvalue weighted by Crippen LogP contribution is -2.08. The first-order chi connectivity index (χ1) is 9.28. The molecule has 0 saturated heterocycles. The molecule has 0 aliphatic rings. The molecule has 0 radical (unpaired) electrons. The molecule has 0 amide bonds. The van der Waals surface area contributed by atoms with Gasteiger partial charge >= 0.3 is 6.18 Å². The van der Waals surface area contributed by atoms with E-state index in [9.17, 15) is 17.6 Å². The molecule has 0 saturated carbocycles. The molecule has 0 bridgehead atoms. The van der Waals surface area contributed by atoms with Crippen LogP contribution < -0.4 is 5.73 Å². The van der Waals surface area contributed by atoms with Gasteiger partial charge in [0.15, 0.2) is 0 Å². The molecule has 0 fully saturated rings. The summed E-state index contributed by atoms with van der Waals surface area (Å²) in [6.07, 6.45) is -4.62. The second kappa shape index (κ2) is 5.59. The van der Waals surface area contributed by atoms with Crippen molar-refractivity contribution < 1.29 is 17.6 Å². The fourth-order valence-electron chi connectivity index (χ4n) is 1.97. The number of hydrogen-bond acceptors (Lipinski definition) is 2. The lowest BCUT2D eigenvalue weighted by atomic mass is 10.2. The van der Waals surface area contributed by atoms with Gasteiger partial charge in [-0.2, -0.15) is 13.2 Å². The molecule has 3 nitrogen and oxygen atoms in total. The van der Waals surface area contributed by atoms with Crippen molar-refractivity contribution in [3.05, 3.63) is 22.4 Å². The van der Waals surface area contributed by atoms with Crippen LogP contribution in [-0.4, -0.2) is 15.7 Å². The molecule has 1 aromatic heterocycles. The van der Waals surface area contributed by atoms with Gasteiger partial charge in [-0.25, -0.2) is 9.37 Å². The fourth-order valence-corrected chi connectivity index (χ4v) is 2.30. The van der Waals surface area contributed by atoms with Crippen LogP contribution in [0.2, 0.25) is 0 Å². The highest BCUT2D eigenvalue weighted by Crippen LogP contribution is 2.26. The van der Waals surface area contributed by atoms with Crippen LogP contribution in [0, 0.1) is 5.82 Å². The monoisotopic (exact) mass is 353 g/mol. The van der Waals surface area contributed by atoms with Crippen LogP contribution in [0.15, 0.2) is 16.6 Å². The molecule has 0 aliphatic heterocycles. The Kier molecular flexibility index (Phi) is 4.22. The average Bonchev–Trinajstić information content (AvgIpc) is 2.60. The summed E-state index contributed by atoms with van der Waals surface area (Å²) >= 11 is 3.06. The van der Waals surface area contributed by atoms with E-state index in [1.54, 1.807) is 4.57 Å². The maximum absolute atomic E-state index is 13.4. The third-order valence-corrected chi connectivity index (χ3v) is 3.52. The molecule has 0 spiro atoms. The molecule has 2 aromatic rings. The molecule has 20 heavy (non-hydrogen) atoms. The normalized spacial score (nSPS) is 12.2. The number of rotatable bonds is 4. The number of imidazole rings is 1. The van der Waals surface area contributed by atoms with E-state index < -0.39 is 18.4 Å². The molecule has 0 aliphatic carbocycles. The molecule has 1 heterocycles. The number of unbranched alkanes of at least 4 members (excludes halogenated alkanes) is 1. The van der Waals surface area contributed by atoms with Crippen molar-refractivity contribution in [1.29, 1.82) is 0 Å². The number of nitrogens with zero attached hydrogens (tertiary/aromatic N) is 2. The van der Waals surface area contributed by atoms with Gasteiger partial charge in [0.25, 0.3) is 0 Å². The Balaban J connectivity index is 2.14. The van der Waals surface area contributed by atoms with Gasteiger partial charge < -0.3 is 10.3 Å². The Labute approximate surface area is 120 Å². The molecule has 0 atom stereocenters. The molecule has 8 heteroatoms. The lowest BCUT2D eigenvalue weighted by molar-refractivity contribution is -0.135. The standard InChI is InChI=1S/C12H12BrF4N3/c13-7-5-10-9(6-8(7)14)19-11(18)20(10)4-2-1-3-12(15,16)17/h5-6H,1-4H2,(H2,18,19). The Bertz CT molecular complexity index is 621. The number of anilines is 1. The van der Waals surface area contributed by atoms with E-state index in [-0.39, 0.29) is 16.8 Å². The van der Waals surface area contributed by atoms with Gasteiger partial charge in [-0.1, -0.05) is 0 Å². The highest BCUT2D eigenvalue weighted by Gasteiger charge is 2.25. The van der Waals surface area contributed by atoms with Crippen molar-refractivity contribution in [2.24, 2.45) is 0 Å². The molecular weight excluding hydrogens is 342 g/mol. The maximum Gasteiger partial charge on any atom is 0.389 e. The van der Waals surface area contributed by atoms with E-state index in [4.69, 9.17) is 5.73 Å². The van der Waals surface area contributed by atoms with Crippen LogP contribution >= 0.6 is 15.9 Å². The zero-order valence-electron chi connectivity index (χ0n) is 10.3. The lowest BCUT2D eigenvalue weighted by Gasteiger charge is -2.08. The number of benzene rings is 1. The number of halogens is 5. The predicted octanol–water partition coefficient (Wildman–Crippen LogP) is 4.25. The predicted molar refractivity (Wildman–Crippen MR) is 71.7 cm³/mol. The summed E-state index contributed by atoms with van der Waals surface area (Å²) in [6, 6.07) is 2.76. The number of hydrogen-bond donors (Lipinski definition) is 1. The number of alkyl halides is 3. The third kappa shape index (κ3) is 3.41. The molecule has 2 N–H and O–H groups in total. The second-order valence-electron chi connectivity index (χ2n) is 4.45. The van der Waals surface area contributed by atoms with Crippen LogP contribution in [0.4, 0.5) is 23.5 Å². The van der Waals surface area contributed by atoms with Gasteiger partial charge in [0.1, 0.15) is 5.82 Å². The first-order valence-corrected chi connectivity index (χ1v) is 6.75. The van der Waals surface area contributed by atoms with Gasteiger partial charge in [0.05, 0.1) is 15.5 Å². The van der Waals surface area contributed by atoms with Crippen molar-refractivity contribution in [1.82, 2.24) is 9.55 Å². The highest BCUT2D eigenvalue weighted by molar-refractivity contribution is 9.10. The quantitative estimate of drug-likeness (QED) is 0.659. The van der Waals surface area contributed by atoms with E-state index in [2.05, 4.69) is 20.9 Å². The van der Waals surface area contributed by atoms with E-state index >= 15 is 0 Å². The first kappa shape index (κ1) is 15.1. The van der Waals surface area contributed by atoms with Crippen molar-refractivity contribution in [3.8, 4) is 0 Å². The van der Waals surface area contributed by atoms with Crippen LogP contribution in [-0.2, 0) is 6.54 Å². The number of aromatic nitrogens is 2. The van der Waals surface area contributed by atoms with Gasteiger partial charge in [-0.15, -0.1) is 0 Å². The summed E-state index contributed by atoms with van der Waals surface area (Å²) in [4.78, 5) is 4.00. The summed E-state index contributed by atoms with van der Waals surface area (Å²) in [6.45, 7) is 0.316. The fraction of sp³-hybridized carbons (Fsp3) is 0.417. The minimum Gasteiger partial charge on any atom is -0.369 e. The molecule has 1 aromatic carbocycles. The van der Waals surface area contributed by atoms with Crippen LogP contribution in [0.25, 0.3) is 11.0 Å². The minimum atomic E-state index is -4.14. The van der Waals surface area contributed by atoms with E-state index in [1.165, 1.54) is 12.1 Å². The van der Waals surface area contributed by atoms with Crippen molar-refractivity contribution in [2.75, 3.05) is 5.73 Å². The summed E-state index contributed by atoms with van der Waals surface area (Å²) in [5.41, 5.74) is 6.70. The van der Waals surface area contributed by atoms with E-state index in [1.807, 2.05) is 0 Å². The average molecular weight is 354 g/mol. The molecule has 0 unspecified atom stereocenters. The Morgan fingerprint density at radius 2 is 1.95 bits per heavy atom. The largest absolute Gasteiger partial charge is 0.389 e. The molecular formula is C12H12BrF4N3. The summed E-state index contributed by atoms with van der Waals surface area (Å²) in [5, 5.41) is 0. The second-order valence-corrected chi connectivity index (χ2v) is 5.30. The zero-order chi connectivity index (χ0) is 14.9. The SMILES string of the molecule is Nc1nc2cc(F)c(Br)cc2n1CCCCC(F)(F)F. The van der Waals surface area contributed by atoms with Crippen molar-refractivity contribution in [3.63, 3.8) is 0 Å². The van der Waals surface area contributed by atoms with E-state index in [0.29, 0.717) is 24.0 Å².